The number of rotatable bonds is 6. The van der Waals surface area contributed by atoms with Crippen molar-refractivity contribution in [3.8, 4) is 0 Å². The van der Waals surface area contributed by atoms with Gasteiger partial charge >= 0.3 is 0 Å². The maximum atomic E-state index is 12.5. The van der Waals surface area contributed by atoms with E-state index < -0.39 is 10.0 Å². The van der Waals surface area contributed by atoms with Gasteiger partial charge < -0.3 is 0 Å². The molecular formula is C15H19Br2NO2S. The van der Waals surface area contributed by atoms with Gasteiger partial charge in [-0.15, -0.1) is 0 Å². The highest BCUT2D eigenvalue weighted by molar-refractivity contribution is 9.11. The van der Waals surface area contributed by atoms with Crippen LogP contribution in [0.3, 0.4) is 0 Å². The zero-order chi connectivity index (χ0) is 15.2. The van der Waals surface area contributed by atoms with Crippen molar-refractivity contribution in [2.75, 3.05) is 6.54 Å². The molecule has 21 heavy (non-hydrogen) atoms. The fourth-order valence-electron chi connectivity index (χ4n) is 2.88. The van der Waals surface area contributed by atoms with E-state index in [-0.39, 0.29) is 0 Å². The summed E-state index contributed by atoms with van der Waals surface area (Å²) in [6.07, 6.45) is 5.07. The maximum absolute atomic E-state index is 12.5. The molecule has 0 atom stereocenters. The largest absolute Gasteiger partial charge is 0.241 e. The molecule has 0 radical (unpaired) electrons. The summed E-state index contributed by atoms with van der Waals surface area (Å²) >= 11 is 6.77. The Morgan fingerprint density at radius 2 is 1.71 bits per heavy atom. The number of nitrogens with one attached hydrogen (secondary N) is 1. The predicted octanol–water partition coefficient (Wildman–Crippen LogP) is 4.23. The van der Waals surface area contributed by atoms with Gasteiger partial charge in [0.25, 0.3) is 0 Å². The average molecular weight is 437 g/mol. The summed E-state index contributed by atoms with van der Waals surface area (Å²) in [6, 6.07) is 3.50. The van der Waals surface area contributed by atoms with E-state index in [2.05, 4.69) is 36.6 Å². The number of aryl methyl sites for hydroxylation is 1. The lowest BCUT2D eigenvalue weighted by atomic mass is 9.99. The summed E-state index contributed by atoms with van der Waals surface area (Å²) in [5.74, 6) is 2.02. The van der Waals surface area contributed by atoms with Gasteiger partial charge in [0.05, 0.1) is 4.90 Å². The molecule has 1 aromatic carbocycles. The normalized spacial score (nSPS) is 19.2. The van der Waals surface area contributed by atoms with E-state index in [0.29, 0.717) is 21.8 Å². The average Bonchev–Trinajstić information content (AvgIpc) is 3.25. The summed E-state index contributed by atoms with van der Waals surface area (Å²) in [4.78, 5) is 0.310. The van der Waals surface area contributed by atoms with Crippen LogP contribution in [-0.4, -0.2) is 15.0 Å². The summed E-state index contributed by atoms with van der Waals surface area (Å²) in [7, 11) is -3.46. The van der Waals surface area contributed by atoms with Gasteiger partial charge in [0.1, 0.15) is 0 Å². The van der Waals surface area contributed by atoms with Crippen LogP contribution in [0.5, 0.6) is 0 Å². The van der Waals surface area contributed by atoms with Crippen molar-refractivity contribution < 1.29 is 8.42 Å². The van der Waals surface area contributed by atoms with Crippen molar-refractivity contribution >= 4 is 41.9 Å². The topological polar surface area (TPSA) is 46.2 Å². The second-order valence-corrected chi connectivity index (χ2v) is 9.67. The van der Waals surface area contributed by atoms with Crippen LogP contribution >= 0.6 is 31.9 Å². The van der Waals surface area contributed by atoms with E-state index in [4.69, 9.17) is 0 Å². The van der Waals surface area contributed by atoms with E-state index in [0.717, 1.165) is 21.9 Å². The van der Waals surface area contributed by atoms with Crippen LogP contribution in [0.2, 0.25) is 0 Å². The molecule has 0 heterocycles. The lowest BCUT2D eigenvalue weighted by molar-refractivity contribution is 0.401. The molecular weight excluding hydrogens is 418 g/mol. The molecule has 3 nitrogen and oxygen atoms in total. The van der Waals surface area contributed by atoms with E-state index >= 15 is 0 Å². The summed E-state index contributed by atoms with van der Waals surface area (Å²) in [5, 5.41) is 0. The molecule has 0 aliphatic heterocycles. The summed E-state index contributed by atoms with van der Waals surface area (Å²) in [6.45, 7) is 2.52. The van der Waals surface area contributed by atoms with Gasteiger partial charge in [-0.05, 0) is 84.0 Å². The number of hydrogen-bond donors (Lipinski definition) is 1. The van der Waals surface area contributed by atoms with Crippen LogP contribution in [0.15, 0.2) is 26.0 Å². The Morgan fingerprint density at radius 3 is 2.24 bits per heavy atom. The summed E-state index contributed by atoms with van der Waals surface area (Å²) in [5.41, 5.74) is 1.01. The van der Waals surface area contributed by atoms with Gasteiger partial charge in [-0.2, -0.15) is 0 Å². The molecule has 0 amide bonds. The van der Waals surface area contributed by atoms with Gasteiger partial charge in [-0.25, -0.2) is 13.1 Å². The number of halogens is 2. The molecule has 1 aromatic rings. The van der Waals surface area contributed by atoms with Crippen molar-refractivity contribution in [2.45, 2.75) is 37.5 Å². The molecule has 116 valence electrons. The third-order valence-corrected chi connectivity index (χ3v) is 7.70. The van der Waals surface area contributed by atoms with Crippen molar-refractivity contribution in [1.82, 2.24) is 4.72 Å². The monoisotopic (exact) mass is 435 g/mol. The predicted molar refractivity (Wildman–Crippen MR) is 90.7 cm³/mol. The standard InChI is InChI=1S/C15H19Br2NO2S/c1-9-6-14(17)15(7-13(9)16)21(19,20)18-8-12(10-2-3-10)11-4-5-11/h6-7,10-12,18H,2-5,8H2,1H3. The number of hydrogen-bond acceptors (Lipinski definition) is 2. The lowest BCUT2D eigenvalue weighted by Crippen LogP contribution is -2.31. The van der Waals surface area contributed by atoms with Crippen LogP contribution in [0.25, 0.3) is 0 Å². The quantitative estimate of drug-likeness (QED) is 0.724. The number of sulfonamides is 1. The highest BCUT2D eigenvalue weighted by Gasteiger charge is 2.41. The highest BCUT2D eigenvalue weighted by Crippen LogP contribution is 2.49. The molecule has 2 saturated carbocycles. The first-order valence-corrected chi connectivity index (χ1v) is 10.4. The minimum absolute atomic E-state index is 0.310. The maximum Gasteiger partial charge on any atom is 0.241 e. The molecule has 3 rings (SSSR count). The van der Waals surface area contributed by atoms with Gasteiger partial charge in [0.2, 0.25) is 10.0 Å². The Bertz CT molecular complexity index is 640. The Morgan fingerprint density at radius 1 is 1.14 bits per heavy atom. The molecule has 6 heteroatoms. The molecule has 2 fully saturated rings. The molecule has 0 bridgehead atoms. The van der Waals surface area contributed by atoms with Crippen LogP contribution < -0.4 is 4.72 Å². The van der Waals surface area contributed by atoms with Gasteiger partial charge in [-0.3, -0.25) is 0 Å². The van der Waals surface area contributed by atoms with E-state index in [1.54, 1.807) is 6.07 Å². The minimum Gasteiger partial charge on any atom is -0.211 e. The van der Waals surface area contributed by atoms with E-state index in [9.17, 15) is 8.42 Å². The van der Waals surface area contributed by atoms with Crippen LogP contribution in [-0.2, 0) is 10.0 Å². The Hall–Kier alpha value is 0.0900. The molecule has 1 N–H and O–H groups in total. The first kappa shape index (κ1) is 16.0. The van der Waals surface area contributed by atoms with Crippen LogP contribution in [0.4, 0.5) is 0 Å². The van der Waals surface area contributed by atoms with Gasteiger partial charge in [0, 0.05) is 15.5 Å². The Labute approximate surface area is 143 Å². The molecule has 2 aliphatic carbocycles. The number of benzene rings is 1. The van der Waals surface area contributed by atoms with Gasteiger partial charge in [0.15, 0.2) is 0 Å². The second-order valence-electron chi connectivity index (χ2n) is 6.22. The van der Waals surface area contributed by atoms with Crippen molar-refractivity contribution in [1.29, 1.82) is 0 Å². The van der Waals surface area contributed by atoms with Crippen molar-refractivity contribution in [3.05, 3.63) is 26.6 Å². The fourth-order valence-corrected chi connectivity index (χ4v) is 5.63. The SMILES string of the molecule is Cc1cc(Br)c(S(=O)(=O)NCC(C2CC2)C2CC2)cc1Br. The van der Waals surface area contributed by atoms with Crippen molar-refractivity contribution in [3.63, 3.8) is 0 Å². The Kier molecular flexibility index (Phi) is 4.52. The molecule has 0 unspecified atom stereocenters. The zero-order valence-corrected chi connectivity index (χ0v) is 15.9. The van der Waals surface area contributed by atoms with Crippen LogP contribution in [0.1, 0.15) is 31.2 Å². The second kappa shape index (κ2) is 5.95. The van der Waals surface area contributed by atoms with E-state index in [1.807, 2.05) is 13.0 Å². The molecule has 2 aliphatic rings. The molecule has 0 saturated heterocycles. The van der Waals surface area contributed by atoms with Crippen molar-refractivity contribution in [2.24, 2.45) is 17.8 Å². The highest BCUT2D eigenvalue weighted by atomic mass is 79.9. The fraction of sp³-hybridized carbons (Fsp3) is 0.600. The molecule has 0 aromatic heterocycles. The first-order chi connectivity index (χ1) is 9.88. The first-order valence-electron chi connectivity index (χ1n) is 7.34. The lowest BCUT2D eigenvalue weighted by Gasteiger charge is -2.17. The van der Waals surface area contributed by atoms with Gasteiger partial charge in [-0.1, -0.05) is 15.9 Å². The third kappa shape index (κ3) is 3.71. The van der Waals surface area contributed by atoms with E-state index in [1.165, 1.54) is 25.7 Å². The third-order valence-electron chi connectivity index (χ3n) is 4.47. The smallest absolute Gasteiger partial charge is 0.211 e. The van der Waals surface area contributed by atoms with Crippen LogP contribution in [0, 0.1) is 24.7 Å². The summed E-state index contributed by atoms with van der Waals surface area (Å²) < 4.78 is 29.3. The minimum atomic E-state index is -3.46. The molecule has 0 spiro atoms. The Balaban J connectivity index is 1.75. The zero-order valence-electron chi connectivity index (χ0n) is 11.9.